The lowest BCUT2D eigenvalue weighted by molar-refractivity contribution is 0.0601. The molecular formula is C16H14N2O2. The highest BCUT2D eigenvalue weighted by molar-refractivity contribution is 5.94. The van der Waals surface area contributed by atoms with Crippen LogP contribution >= 0.6 is 0 Å². The lowest BCUT2D eigenvalue weighted by Crippen LogP contribution is -2.00. The smallest absolute Gasteiger partial charge is 0.337 e. The van der Waals surface area contributed by atoms with E-state index >= 15 is 0 Å². The Labute approximate surface area is 116 Å². The van der Waals surface area contributed by atoms with Crippen molar-refractivity contribution in [1.82, 2.24) is 9.97 Å². The summed E-state index contributed by atoms with van der Waals surface area (Å²) in [5, 5.41) is 0. The second kappa shape index (κ2) is 4.81. The molecule has 0 spiro atoms. The zero-order valence-electron chi connectivity index (χ0n) is 11.3. The number of fused-ring (bicyclic) bond motifs is 1. The minimum absolute atomic E-state index is 0.349. The Morgan fingerprint density at radius 2 is 2.05 bits per heavy atom. The number of aromatic nitrogens is 2. The van der Waals surface area contributed by atoms with Crippen LogP contribution in [0, 0.1) is 6.92 Å². The Bertz CT molecular complexity index is 790. The summed E-state index contributed by atoms with van der Waals surface area (Å²) in [5.41, 5.74) is 4.37. The Kier molecular flexibility index (Phi) is 2.99. The molecule has 0 fully saturated rings. The topological polar surface area (TPSA) is 55.0 Å². The van der Waals surface area contributed by atoms with Gasteiger partial charge in [-0.3, -0.25) is 0 Å². The number of aromatic amines is 1. The Balaban J connectivity index is 2.09. The van der Waals surface area contributed by atoms with Crippen LogP contribution in [0.4, 0.5) is 0 Å². The predicted octanol–water partition coefficient (Wildman–Crippen LogP) is 3.32. The number of rotatable bonds is 2. The first-order valence-corrected chi connectivity index (χ1v) is 6.32. The Morgan fingerprint density at radius 1 is 1.20 bits per heavy atom. The van der Waals surface area contributed by atoms with Gasteiger partial charge in [-0.1, -0.05) is 23.8 Å². The largest absolute Gasteiger partial charge is 0.465 e. The van der Waals surface area contributed by atoms with Crippen molar-refractivity contribution in [1.29, 1.82) is 0 Å². The van der Waals surface area contributed by atoms with Crippen LogP contribution < -0.4 is 0 Å². The highest BCUT2D eigenvalue weighted by Crippen LogP contribution is 2.22. The quantitative estimate of drug-likeness (QED) is 0.724. The normalized spacial score (nSPS) is 10.7. The number of H-pyrrole nitrogens is 1. The third-order valence-corrected chi connectivity index (χ3v) is 3.19. The molecule has 0 amide bonds. The molecule has 0 aliphatic heterocycles. The SMILES string of the molecule is COC(=O)c1ccc2nc(-c3cccc(C)c3)[nH]c2c1. The fourth-order valence-electron chi connectivity index (χ4n) is 2.18. The van der Waals surface area contributed by atoms with Crippen molar-refractivity contribution in [2.24, 2.45) is 0 Å². The molecule has 2 aromatic carbocycles. The zero-order chi connectivity index (χ0) is 14.1. The lowest BCUT2D eigenvalue weighted by atomic mass is 10.1. The van der Waals surface area contributed by atoms with Crippen LogP contribution in [0.3, 0.4) is 0 Å². The summed E-state index contributed by atoms with van der Waals surface area (Å²) >= 11 is 0. The summed E-state index contributed by atoms with van der Waals surface area (Å²) in [6.45, 7) is 2.04. The number of carbonyl (C=O) groups is 1. The molecule has 1 heterocycles. The first kappa shape index (κ1) is 12.4. The van der Waals surface area contributed by atoms with Gasteiger partial charge >= 0.3 is 5.97 Å². The molecule has 0 saturated carbocycles. The van der Waals surface area contributed by atoms with Crippen LogP contribution in [0.15, 0.2) is 42.5 Å². The van der Waals surface area contributed by atoms with Crippen molar-refractivity contribution in [3.63, 3.8) is 0 Å². The number of nitrogens with one attached hydrogen (secondary N) is 1. The minimum Gasteiger partial charge on any atom is -0.465 e. The molecular weight excluding hydrogens is 252 g/mol. The molecule has 1 aromatic heterocycles. The van der Waals surface area contributed by atoms with Gasteiger partial charge in [-0.2, -0.15) is 0 Å². The molecule has 4 heteroatoms. The standard InChI is InChI=1S/C16H14N2O2/c1-10-4-3-5-11(8-10)15-17-13-7-6-12(16(19)20-2)9-14(13)18-15/h3-9H,1-2H3,(H,17,18). The fourth-order valence-corrected chi connectivity index (χ4v) is 2.18. The van der Waals surface area contributed by atoms with Gasteiger partial charge in [-0.25, -0.2) is 9.78 Å². The zero-order valence-corrected chi connectivity index (χ0v) is 11.3. The van der Waals surface area contributed by atoms with E-state index in [-0.39, 0.29) is 5.97 Å². The first-order chi connectivity index (χ1) is 9.67. The van der Waals surface area contributed by atoms with Gasteiger partial charge in [-0.05, 0) is 31.2 Å². The highest BCUT2D eigenvalue weighted by atomic mass is 16.5. The Hall–Kier alpha value is -2.62. The van der Waals surface area contributed by atoms with Gasteiger partial charge in [-0.15, -0.1) is 0 Å². The average molecular weight is 266 g/mol. The average Bonchev–Trinajstić information content (AvgIpc) is 2.89. The number of hydrogen-bond donors (Lipinski definition) is 1. The van der Waals surface area contributed by atoms with Crippen LogP contribution in [0.25, 0.3) is 22.4 Å². The summed E-state index contributed by atoms with van der Waals surface area (Å²) in [4.78, 5) is 19.3. The highest BCUT2D eigenvalue weighted by Gasteiger charge is 2.09. The van der Waals surface area contributed by atoms with Crippen LogP contribution in [-0.4, -0.2) is 23.0 Å². The van der Waals surface area contributed by atoms with E-state index < -0.39 is 0 Å². The van der Waals surface area contributed by atoms with E-state index in [1.165, 1.54) is 12.7 Å². The lowest BCUT2D eigenvalue weighted by Gasteiger charge is -1.98. The molecule has 4 nitrogen and oxygen atoms in total. The van der Waals surface area contributed by atoms with E-state index in [2.05, 4.69) is 16.0 Å². The van der Waals surface area contributed by atoms with Crippen molar-refractivity contribution in [3.8, 4) is 11.4 Å². The molecule has 3 rings (SSSR count). The maximum Gasteiger partial charge on any atom is 0.337 e. The molecule has 0 aliphatic carbocycles. The van der Waals surface area contributed by atoms with Gasteiger partial charge in [0.15, 0.2) is 0 Å². The number of methoxy groups -OCH3 is 1. The van der Waals surface area contributed by atoms with Crippen molar-refractivity contribution >= 4 is 17.0 Å². The molecule has 0 unspecified atom stereocenters. The maximum absolute atomic E-state index is 11.5. The minimum atomic E-state index is -0.349. The summed E-state index contributed by atoms with van der Waals surface area (Å²) in [5.74, 6) is 0.448. The van der Waals surface area contributed by atoms with Crippen LogP contribution in [-0.2, 0) is 4.74 Å². The molecule has 0 saturated heterocycles. The molecule has 20 heavy (non-hydrogen) atoms. The number of esters is 1. The Morgan fingerprint density at radius 3 is 2.80 bits per heavy atom. The summed E-state index contributed by atoms with van der Waals surface area (Å²) in [6.07, 6.45) is 0. The van der Waals surface area contributed by atoms with Crippen LogP contribution in [0.2, 0.25) is 0 Å². The van der Waals surface area contributed by atoms with Gasteiger partial charge in [0.1, 0.15) is 5.82 Å². The molecule has 0 bridgehead atoms. The summed E-state index contributed by atoms with van der Waals surface area (Å²) in [7, 11) is 1.37. The molecule has 1 N–H and O–H groups in total. The van der Waals surface area contributed by atoms with E-state index in [4.69, 9.17) is 4.74 Å². The molecule has 0 radical (unpaired) electrons. The molecule has 0 atom stereocenters. The van der Waals surface area contributed by atoms with E-state index in [1.807, 2.05) is 31.2 Å². The monoisotopic (exact) mass is 266 g/mol. The van der Waals surface area contributed by atoms with Gasteiger partial charge in [0.2, 0.25) is 0 Å². The van der Waals surface area contributed by atoms with Crippen molar-refractivity contribution in [2.45, 2.75) is 6.92 Å². The number of nitrogens with zero attached hydrogens (tertiary/aromatic N) is 1. The summed E-state index contributed by atoms with van der Waals surface area (Å²) in [6, 6.07) is 13.4. The van der Waals surface area contributed by atoms with Gasteiger partial charge < -0.3 is 9.72 Å². The third-order valence-electron chi connectivity index (χ3n) is 3.19. The van der Waals surface area contributed by atoms with E-state index in [0.29, 0.717) is 5.56 Å². The number of hydrogen-bond acceptors (Lipinski definition) is 3. The van der Waals surface area contributed by atoms with Gasteiger partial charge in [0.25, 0.3) is 0 Å². The number of carbonyl (C=O) groups excluding carboxylic acids is 1. The first-order valence-electron chi connectivity index (χ1n) is 6.32. The number of benzene rings is 2. The van der Waals surface area contributed by atoms with E-state index in [1.54, 1.807) is 12.1 Å². The van der Waals surface area contributed by atoms with E-state index in [9.17, 15) is 4.79 Å². The summed E-state index contributed by atoms with van der Waals surface area (Å²) < 4.78 is 4.72. The van der Waals surface area contributed by atoms with Crippen molar-refractivity contribution in [3.05, 3.63) is 53.6 Å². The van der Waals surface area contributed by atoms with Crippen LogP contribution in [0.5, 0.6) is 0 Å². The van der Waals surface area contributed by atoms with Gasteiger partial charge in [0.05, 0.1) is 23.7 Å². The van der Waals surface area contributed by atoms with E-state index in [0.717, 1.165) is 22.4 Å². The predicted molar refractivity (Wildman–Crippen MR) is 77.6 cm³/mol. The van der Waals surface area contributed by atoms with Crippen molar-refractivity contribution in [2.75, 3.05) is 7.11 Å². The molecule has 3 aromatic rings. The third kappa shape index (κ3) is 2.16. The number of aryl methyl sites for hydroxylation is 1. The fraction of sp³-hybridized carbons (Fsp3) is 0.125. The molecule has 100 valence electrons. The van der Waals surface area contributed by atoms with Crippen LogP contribution in [0.1, 0.15) is 15.9 Å². The molecule has 0 aliphatic rings. The number of ether oxygens (including phenoxy) is 1. The second-order valence-electron chi connectivity index (χ2n) is 4.68. The second-order valence-corrected chi connectivity index (χ2v) is 4.68. The van der Waals surface area contributed by atoms with Crippen molar-refractivity contribution < 1.29 is 9.53 Å². The number of imidazole rings is 1. The van der Waals surface area contributed by atoms with Gasteiger partial charge in [0, 0.05) is 5.56 Å². The maximum atomic E-state index is 11.5.